The molecule has 1 aliphatic rings. The Hall–Kier alpha value is -2.19. The Balaban J connectivity index is 1.49. The first-order valence-corrected chi connectivity index (χ1v) is 11.2. The van der Waals surface area contributed by atoms with Crippen LogP contribution in [0.15, 0.2) is 47.6 Å². The van der Waals surface area contributed by atoms with Crippen LogP contribution >= 0.6 is 0 Å². The fourth-order valence-electron chi connectivity index (χ4n) is 3.08. The summed E-state index contributed by atoms with van der Waals surface area (Å²) >= 11 is 0. The van der Waals surface area contributed by atoms with Crippen molar-refractivity contribution in [2.24, 2.45) is 11.8 Å². The van der Waals surface area contributed by atoms with Gasteiger partial charge in [0, 0.05) is 32.0 Å². The summed E-state index contributed by atoms with van der Waals surface area (Å²) in [5, 5.41) is 0. The number of sulfonamides is 1. The summed E-state index contributed by atoms with van der Waals surface area (Å²) in [5.74, 6) is 2.15. The standard InChI is InChI=1S/C20H28N4O3S/c1-16(2)15-27-18-4-6-19(7-5-18)28(25,26)23-14-17-8-12-24(13-9-17)20-21-10-3-11-22-20/h3-7,10-11,16-17,23H,8-9,12-15H2,1-2H3. The van der Waals surface area contributed by atoms with Gasteiger partial charge < -0.3 is 9.64 Å². The number of ether oxygens (including phenoxy) is 1. The number of hydrogen-bond acceptors (Lipinski definition) is 6. The molecule has 1 aromatic carbocycles. The lowest BCUT2D eigenvalue weighted by Gasteiger charge is -2.31. The van der Waals surface area contributed by atoms with E-state index >= 15 is 0 Å². The Morgan fingerprint density at radius 2 is 1.79 bits per heavy atom. The summed E-state index contributed by atoms with van der Waals surface area (Å²) in [4.78, 5) is 11.0. The van der Waals surface area contributed by atoms with Crippen molar-refractivity contribution in [2.45, 2.75) is 31.6 Å². The molecule has 1 aromatic heterocycles. The highest BCUT2D eigenvalue weighted by Crippen LogP contribution is 2.21. The van der Waals surface area contributed by atoms with E-state index in [0.29, 0.717) is 30.7 Å². The first kappa shape index (κ1) is 20.5. The molecule has 7 nitrogen and oxygen atoms in total. The summed E-state index contributed by atoms with van der Waals surface area (Å²) in [5.41, 5.74) is 0. The molecule has 0 radical (unpaired) electrons. The Kier molecular flexibility index (Phi) is 6.85. The van der Waals surface area contributed by atoms with E-state index in [4.69, 9.17) is 4.74 Å². The van der Waals surface area contributed by atoms with E-state index in [2.05, 4.69) is 33.4 Å². The topological polar surface area (TPSA) is 84.4 Å². The van der Waals surface area contributed by atoms with Gasteiger partial charge in [-0.25, -0.2) is 23.1 Å². The highest BCUT2D eigenvalue weighted by molar-refractivity contribution is 7.89. The van der Waals surface area contributed by atoms with E-state index in [-0.39, 0.29) is 4.90 Å². The van der Waals surface area contributed by atoms with Crippen LogP contribution in [-0.4, -0.2) is 44.6 Å². The van der Waals surface area contributed by atoms with Gasteiger partial charge in [0.2, 0.25) is 16.0 Å². The van der Waals surface area contributed by atoms with Crippen molar-refractivity contribution >= 4 is 16.0 Å². The molecule has 1 saturated heterocycles. The van der Waals surface area contributed by atoms with Gasteiger partial charge in [0.05, 0.1) is 11.5 Å². The molecule has 1 aliphatic heterocycles. The lowest BCUT2D eigenvalue weighted by Crippen LogP contribution is -2.39. The van der Waals surface area contributed by atoms with Gasteiger partial charge in [-0.15, -0.1) is 0 Å². The third-order valence-corrected chi connectivity index (χ3v) is 6.17. The van der Waals surface area contributed by atoms with Gasteiger partial charge in [0.25, 0.3) is 0 Å². The summed E-state index contributed by atoms with van der Waals surface area (Å²) in [7, 11) is -3.52. The zero-order valence-electron chi connectivity index (χ0n) is 16.4. The van der Waals surface area contributed by atoms with Crippen LogP contribution in [-0.2, 0) is 10.0 Å². The molecular formula is C20H28N4O3S. The SMILES string of the molecule is CC(C)COc1ccc(S(=O)(=O)NCC2CCN(c3ncccn3)CC2)cc1. The fraction of sp³-hybridized carbons (Fsp3) is 0.500. The van der Waals surface area contributed by atoms with Crippen molar-refractivity contribution in [1.82, 2.24) is 14.7 Å². The molecule has 1 N–H and O–H groups in total. The van der Waals surface area contributed by atoms with Gasteiger partial charge in [-0.05, 0) is 55.0 Å². The molecule has 2 aromatic rings. The number of nitrogens with one attached hydrogen (secondary N) is 1. The Bertz CT molecular complexity index is 834. The molecule has 0 amide bonds. The molecule has 152 valence electrons. The van der Waals surface area contributed by atoms with Gasteiger partial charge in [0.1, 0.15) is 5.75 Å². The van der Waals surface area contributed by atoms with Crippen LogP contribution < -0.4 is 14.4 Å². The minimum atomic E-state index is -3.52. The first-order chi connectivity index (χ1) is 13.4. The van der Waals surface area contributed by atoms with Gasteiger partial charge in [-0.3, -0.25) is 0 Å². The maximum absolute atomic E-state index is 12.6. The van der Waals surface area contributed by atoms with E-state index in [1.165, 1.54) is 0 Å². The monoisotopic (exact) mass is 404 g/mol. The summed E-state index contributed by atoms with van der Waals surface area (Å²) in [6.45, 7) is 6.85. The average Bonchev–Trinajstić information content (AvgIpc) is 2.72. The number of benzene rings is 1. The van der Waals surface area contributed by atoms with Crippen LogP contribution in [0.25, 0.3) is 0 Å². The molecule has 28 heavy (non-hydrogen) atoms. The predicted octanol–water partition coefficient (Wildman–Crippen LogP) is 2.71. The van der Waals surface area contributed by atoms with Crippen LogP contribution in [0.1, 0.15) is 26.7 Å². The van der Waals surface area contributed by atoms with Crippen molar-refractivity contribution in [1.29, 1.82) is 0 Å². The van der Waals surface area contributed by atoms with Gasteiger partial charge >= 0.3 is 0 Å². The van der Waals surface area contributed by atoms with E-state index in [9.17, 15) is 8.42 Å². The molecular weight excluding hydrogens is 376 g/mol. The number of piperidine rings is 1. The molecule has 3 rings (SSSR count). The molecule has 2 heterocycles. The lowest BCUT2D eigenvalue weighted by molar-refractivity contribution is 0.271. The molecule has 0 saturated carbocycles. The Morgan fingerprint density at radius 3 is 2.39 bits per heavy atom. The summed E-state index contributed by atoms with van der Waals surface area (Å²) < 4.78 is 33.5. The van der Waals surface area contributed by atoms with Crippen molar-refractivity contribution < 1.29 is 13.2 Å². The molecule has 0 bridgehead atoms. The molecule has 0 spiro atoms. The number of anilines is 1. The van der Waals surface area contributed by atoms with E-state index in [0.717, 1.165) is 31.9 Å². The van der Waals surface area contributed by atoms with Crippen LogP contribution in [0.5, 0.6) is 5.75 Å². The summed E-state index contributed by atoms with van der Waals surface area (Å²) in [6, 6.07) is 8.39. The first-order valence-electron chi connectivity index (χ1n) is 9.68. The number of hydrogen-bond donors (Lipinski definition) is 1. The number of aromatic nitrogens is 2. The van der Waals surface area contributed by atoms with Crippen LogP contribution in [0.2, 0.25) is 0 Å². The van der Waals surface area contributed by atoms with E-state index in [1.54, 1.807) is 42.7 Å². The highest BCUT2D eigenvalue weighted by Gasteiger charge is 2.23. The minimum Gasteiger partial charge on any atom is -0.493 e. The van der Waals surface area contributed by atoms with Gasteiger partial charge in [-0.2, -0.15) is 0 Å². The molecule has 1 fully saturated rings. The zero-order valence-corrected chi connectivity index (χ0v) is 17.2. The maximum Gasteiger partial charge on any atom is 0.240 e. The van der Waals surface area contributed by atoms with Gasteiger partial charge in [-0.1, -0.05) is 13.8 Å². The second kappa shape index (κ2) is 9.34. The van der Waals surface area contributed by atoms with Crippen LogP contribution in [0, 0.1) is 11.8 Å². The van der Waals surface area contributed by atoms with Crippen LogP contribution in [0.3, 0.4) is 0 Å². The normalized spacial score (nSPS) is 15.8. The van der Waals surface area contributed by atoms with Crippen LogP contribution in [0.4, 0.5) is 5.95 Å². The summed E-state index contributed by atoms with van der Waals surface area (Å²) in [6.07, 6.45) is 5.29. The Morgan fingerprint density at radius 1 is 1.14 bits per heavy atom. The molecule has 0 atom stereocenters. The third-order valence-electron chi connectivity index (χ3n) is 4.73. The predicted molar refractivity (Wildman–Crippen MR) is 109 cm³/mol. The van der Waals surface area contributed by atoms with Crippen molar-refractivity contribution in [3.63, 3.8) is 0 Å². The zero-order chi connectivity index (χ0) is 20.0. The second-order valence-corrected chi connectivity index (χ2v) is 9.27. The van der Waals surface area contributed by atoms with Crippen molar-refractivity contribution in [2.75, 3.05) is 31.1 Å². The smallest absolute Gasteiger partial charge is 0.240 e. The largest absolute Gasteiger partial charge is 0.493 e. The minimum absolute atomic E-state index is 0.263. The fourth-order valence-corrected chi connectivity index (χ4v) is 4.20. The second-order valence-electron chi connectivity index (χ2n) is 7.51. The quantitative estimate of drug-likeness (QED) is 0.728. The molecule has 8 heteroatoms. The Labute approximate surface area is 167 Å². The van der Waals surface area contributed by atoms with Gasteiger partial charge in [0.15, 0.2) is 0 Å². The van der Waals surface area contributed by atoms with Crippen molar-refractivity contribution in [3.8, 4) is 5.75 Å². The maximum atomic E-state index is 12.6. The molecule has 0 aliphatic carbocycles. The number of nitrogens with zero attached hydrogens (tertiary/aromatic N) is 3. The number of rotatable bonds is 8. The third kappa shape index (κ3) is 5.65. The van der Waals surface area contributed by atoms with E-state index in [1.807, 2.05) is 0 Å². The molecule has 0 unspecified atom stereocenters. The highest BCUT2D eigenvalue weighted by atomic mass is 32.2. The lowest BCUT2D eigenvalue weighted by atomic mass is 9.97. The van der Waals surface area contributed by atoms with Crippen molar-refractivity contribution in [3.05, 3.63) is 42.7 Å². The average molecular weight is 405 g/mol. The van der Waals surface area contributed by atoms with E-state index < -0.39 is 10.0 Å².